The molecule has 1 N–H and O–H groups in total. The highest BCUT2D eigenvalue weighted by Crippen LogP contribution is 2.21. The van der Waals surface area contributed by atoms with Crippen molar-refractivity contribution in [1.82, 2.24) is 9.13 Å². The fraction of sp³-hybridized carbons (Fsp3) is 0.250. The molecule has 8 nitrogen and oxygen atoms in total. The van der Waals surface area contributed by atoms with Crippen molar-refractivity contribution in [2.24, 2.45) is 14.1 Å². The van der Waals surface area contributed by atoms with Crippen LogP contribution in [0.4, 0.5) is 5.82 Å². The number of esters is 1. The summed E-state index contributed by atoms with van der Waals surface area (Å²) in [5, 5.41) is 3.10. The monoisotopic (exact) mass is 399 g/mol. The van der Waals surface area contributed by atoms with Crippen LogP contribution in [0.5, 0.6) is 0 Å². The van der Waals surface area contributed by atoms with Crippen LogP contribution in [0.1, 0.15) is 5.56 Å². The summed E-state index contributed by atoms with van der Waals surface area (Å²) in [4.78, 5) is 47.1. The Hall–Kier alpha value is -2.58. The smallest absolute Gasteiger partial charge is 0.332 e. The summed E-state index contributed by atoms with van der Waals surface area (Å²) in [7, 11) is 2.71. The summed E-state index contributed by atoms with van der Waals surface area (Å²) < 4.78 is 6.86. The van der Waals surface area contributed by atoms with Crippen molar-refractivity contribution in [3.63, 3.8) is 0 Å². The van der Waals surface area contributed by atoms with E-state index in [-0.39, 0.29) is 12.2 Å². The molecular formula is C16H15Cl2N3O5. The number of hydrogen-bond donors (Lipinski definition) is 1. The fourth-order valence-electron chi connectivity index (χ4n) is 2.05. The minimum absolute atomic E-state index is 0.0000975. The first-order valence-electron chi connectivity index (χ1n) is 7.35. The van der Waals surface area contributed by atoms with Crippen LogP contribution >= 0.6 is 23.2 Å². The molecule has 10 heteroatoms. The van der Waals surface area contributed by atoms with Gasteiger partial charge in [0.2, 0.25) is 0 Å². The van der Waals surface area contributed by atoms with Crippen LogP contribution in [0.3, 0.4) is 0 Å². The van der Waals surface area contributed by atoms with Gasteiger partial charge in [0.05, 0.1) is 6.42 Å². The van der Waals surface area contributed by atoms with E-state index < -0.39 is 29.7 Å². The van der Waals surface area contributed by atoms with Crippen molar-refractivity contribution in [2.75, 3.05) is 11.9 Å². The van der Waals surface area contributed by atoms with Crippen LogP contribution in [0, 0.1) is 0 Å². The molecule has 0 unspecified atom stereocenters. The third-order valence-corrected chi connectivity index (χ3v) is 4.09. The standard InChI is InChI=1S/C16H15Cl2N3O5/c1-20-12(7-14(23)21(2)16(20)25)19-13(22)8-26-15(24)5-9-3-4-10(17)6-11(9)18/h3-4,6-7H,5,8H2,1-2H3,(H,19,22). The van der Waals surface area contributed by atoms with Crippen LogP contribution in [0.15, 0.2) is 33.9 Å². The van der Waals surface area contributed by atoms with Gasteiger partial charge in [-0.15, -0.1) is 0 Å². The van der Waals surface area contributed by atoms with E-state index in [9.17, 15) is 19.2 Å². The molecular weight excluding hydrogens is 385 g/mol. The Morgan fingerprint density at radius 3 is 2.46 bits per heavy atom. The summed E-state index contributed by atoms with van der Waals surface area (Å²) >= 11 is 11.7. The average Bonchev–Trinajstić information content (AvgIpc) is 2.58. The predicted octanol–water partition coefficient (Wildman–Crippen LogP) is 1.12. The molecule has 0 aliphatic rings. The third kappa shape index (κ3) is 4.74. The van der Waals surface area contributed by atoms with Crippen LogP contribution in [-0.4, -0.2) is 27.6 Å². The Kier molecular flexibility index (Phi) is 6.23. The van der Waals surface area contributed by atoms with Gasteiger partial charge in [0.1, 0.15) is 5.82 Å². The zero-order valence-corrected chi connectivity index (χ0v) is 15.4. The largest absolute Gasteiger partial charge is 0.455 e. The van der Waals surface area contributed by atoms with E-state index >= 15 is 0 Å². The first kappa shape index (κ1) is 19.7. The molecule has 0 spiro atoms. The molecule has 0 fully saturated rings. The summed E-state index contributed by atoms with van der Waals surface area (Å²) in [6.45, 7) is -0.576. The lowest BCUT2D eigenvalue weighted by Crippen LogP contribution is -2.38. The van der Waals surface area contributed by atoms with Gasteiger partial charge >= 0.3 is 11.7 Å². The molecule has 0 aliphatic carbocycles. The Morgan fingerprint density at radius 2 is 1.81 bits per heavy atom. The lowest BCUT2D eigenvalue weighted by Gasteiger charge is -2.11. The Morgan fingerprint density at radius 1 is 1.12 bits per heavy atom. The molecule has 0 radical (unpaired) electrons. The Bertz CT molecular complexity index is 981. The normalized spacial score (nSPS) is 10.5. The average molecular weight is 400 g/mol. The van der Waals surface area contributed by atoms with Crippen LogP contribution in [0.2, 0.25) is 10.0 Å². The molecule has 1 amide bonds. The van der Waals surface area contributed by atoms with Crippen molar-refractivity contribution in [3.05, 3.63) is 60.7 Å². The second-order valence-corrected chi connectivity index (χ2v) is 6.23. The van der Waals surface area contributed by atoms with Crippen molar-refractivity contribution in [1.29, 1.82) is 0 Å². The second kappa shape index (κ2) is 8.20. The number of amides is 1. The zero-order valence-electron chi connectivity index (χ0n) is 13.9. The minimum Gasteiger partial charge on any atom is -0.455 e. The Labute approximate surface area is 157 Å². The highest BCUT2D eigenvalue weighted by Gasteiger charge is 2.13. The van der Waals surface area contributed by atoms with Gasteiger partial charge in [0, 0.05) is 30.2 Å². The van der Waals surface area contributed by atoms with Gasteiger partial charge in [-0.25, -0.2) is 4.79 Å². The molecule has 2 aromatic rings. The van der Waals surface area contributed by atoms with Gasteiger partial charge in [0.15, 0.2) is 6.61 Å². The van der Waals surface area contributed by atoms with Crippen molar-refractivity contribution < 1.29 is 14.3 Å². The van der Waals surface area contributed by atoms with E-state index in [1.165, 1.54) is 20.2 Å². The summed E-state index contributed by atoms with van der Waals surface area (Å²) in [6.07, 6.45) is -0.131. The van der Waals surface area contributed by atoms with E-state index in [2.05, 4.69) is 5.32 Å². The molecule has 0 saturated carbocycles. The number of nitrogens with zero attached hydrogens (tertiary/aromatic N) is 2. The first-order chi connectivity index (χ1) is 12.2. The summed E-state index contributed by atoms with van der Waals surface area (Å²) in [5.41, 5.74) is -0.657. The molecule has 138 valence electrons. The molecule has 2 rings (SSSR count). The van der Waals surface area contributed by atoms with Gasteiger partial charge in [0.25, 0.3) is 11.5 Å². The van der Waals surface area contributed by atoms with E-state index in [1.807, 2.05) is 0 Å². The summed E-state index contributed by atoms with van der Waals surface area (Å²) in [6, 6.07) is 5.75. The number of carbonyl (C=O) groups is 2. The minimum atomic E-state index is -0.691. The van der Waals surface area contributed by atoms with E-state index in [0.717, 1.165) is 15.2 Å². The molecule has 0 atom stereocenters. The number of halogens is 2. The van der Waals surface area contributed by atoms with Gasteiger partial charge in [-0.3, -0.25) is 23.5 Å². The zero-order chi connectivity index (χ0) is 19.4. The highest BCUT2D eigenvalue weighted by atomic mass is 35.5. The lowest BCUT2D eigenvalue weighted by atomic mass is 10.1. The number of anilines is 1. The number of ether oxygens (including phenoxy) is 1. The van der Waals surface area contributed by atoms with E-state index in [1.54, 1.807) is 12.1 Å². The third-order valence-electron chi connectivity index (χ3n) is 3.51. The van der Waals surface area contributed by atoms with Gasteiger partial charge in [-0.2, -0.15) is 0 Å². The number of benzene rings is 1. The molecule has 26 heavy (non-hydrogen) atoms. The van der Waals surface area contributed by atoms with Gasteiger partial charge < -0.3 is 10.1 Å². The molecule has 0 saturated heterocycles. The number of carbonyl (C=O) groups excluding carboxylic acids is 2. The van der Waals surface area contributed by atoms with Crippen LogP contribution in [0.25, 0.3) is 0 Å². The van der Waals surface area contributed by atoms with Crippen molar-refractivity contribution in [2.45, 2.75) is 6.42 Å². The quantitative estimate of drug-likeness (QED) is 0.759. The first-order valence-corrected chi connectivity index (χ1v) is 8.11. The summed E-state index contributed by atoms with van der Waals surface area (Å²) in [5.74, 6) is -1.36. The van der Waals surface area contributed by atoms with Crippen LogP contribution < -0.4 is 16.6 Å². The number of rotatable bonds is 5. The maximum Gasteiger partial charge on any atom is 0.332 e. The van der Waals surface area contributed by atoms with Crippen molar-refractivity contribution in [3.8, 4) is 0 Å². The van der Waals surface area contributed by atoms with Crippen molar-refractivity contribution >= 4 is 40.9 Å². The molecule has 0 bridgehead atoms. The van der Waals surface area contributed by atoms with E-state index in [0.29, 0.717) is 15.6 Å². The van der Waals surface area contributed by atoms with Gasteiger partial charge in [-0.05, 0) is 17.7 Å². The maximum atomic E-state index is 11.9. The number of hydrogen-bond acceptors (Lipinski definition) is 5. The maximum absolute atomic E-state index is 11.9. The lowest BCUT2D eigenvalue weighted by molar-refractivity contribution is -0.146. The number of aromatic nitrogens is 2. The van der Waals surface area contributed by atoms with Crippen LogP contribution in [-0.2, 0) is 34.8 Å². The molecule has 1 aromatic carbocycles. The second-order valence-electron chi connectivity index (χ2n) is 5.39. The van der Waals surface area contributed by atoms with E-state index in [4.69, 9.17) is 27.9 Å². The number of nitrogens with one attached hydrogen (secondary N) is 1. The SMILES string of the molecule is Cn1c(NC(=O)COC(=O)Cc2ccc(Cl)cc2Cl)cc(=O)n(C)c1=O. The van der Waals surface area contributed by atoms with Gasteiger partial charge in [-0.1, -0.05) is 29.3 Å². The molecule has 0 aliphatic heterocycles. The topological polar surface area (TPSA) is 99.4 Å². The molecule has 1 heterocycles. The Balaban J connectivity index is 1.96. The predicted molar refractivity (Wildman–Crippen MR) is 96.7 cm³/mol. The highest BCUT2D eigenvalue weighted by molar-refractivity contribution is 6.35. The molecule has 1 aromatic heterocycles. The fourth-order valence-corrected chi connectivity index (χ4v) is 2.52.